The second kappa shape index (κ2) is 6.90. The van der Waals surface area contributed by atoms with Crippen LogP contribution in [-0.2, 0) is 10.0 Å². The Balaban J connectivity index is 2.35. The molecule has 0 atom stereocenters. The lowest BCUT2D eigenvalue weighted by Gasteiger charge is -2.28. The summed E-state index contributed by atoms with van der Waals surface area (Å²) in [5, 5.41) is 0. The van der Waals surface area contributed by atoms with Gasteiger partial charge in [0.25, 0.3) is 0 Å². The van der Waals surface area contributed by atoms with E-state index in [9.17, 15) is 8.42 Å². The third-order valence-electron chi connectivity index (χ3n) is 4.23. The Morgan fingerprint density at radius 2 is 1.90 bits per heavy atom. The summed E-state index contributed by atoms with van der Waals surface area (Å²) in [6.07, 6.45) is 4.88. The lowest BCUT2D eigenvalue weighted by molar-refractivity contribution is 0.320. The third-order valence-corrected chi connectivity index (χ3v) is 6.34. The molecule has 0 amide bonds. The van der Waals surface area contributed by atoms with E-state index >= 15 is 0 Å². The molecule has 0 aromatic heterocycles. The van der Waals surface area contributed by atoms with Gasteiger partial charge in [0.15, 0.2) is 0 Å². The molecule has 1 aliphatic rings. The zero-order valence-electron chi connectivity index (χ0n) is 13.0. The van der Waals surface area contributed by atoms with Crippen molar-refractivity contribution in [3.8, 4) is 0 Å². The smallest absolute Gasteiger partial charge is 0.243 e. The van der Waals surface area contributed by atoms with Crippen LogP contribution in [0.1, 0.15) is 43.2 Å². The topological polar surface area (TPSA) is 63.4 Å². The van der Waals surface area contributed by atoms with Crippen LogP contribution in [0.5, 0.6) is 0 Å². The van der Waals surface area contributed by atoms with Crippen molar-refractivity contribution in [2.45, 2.75) is 56.9 Å². The molecule has 118 valence electrons. The molecular formula is C16H26N2O2S. The van der Waals surface area contributed by atoms with Gasteiger partial charge in [-0.3, -0.25) is 0 Å². The number of aryl methyl sites for hydroxylation is 2. The van der Waals surface area contributed by atoms with Crippen molar-refractivity contribution in [2.75, 3.05) is 13.1 Å². The highest BCUT2D eigenvalue weighted by atomic mass is 32.2. The Morgan fingerprint density at radius 3 is 2.48 bits per heavy atom. The normalized spacial score (nSPS) is 16.8. The van der Waals surface area contributed by atoms with Gasteiger partial charge >= 0.3 is 0 Å². The molecule has 0 bridgehead atoms. The highest BCUT2D eigenvalue weighted by Crippen LogP contribution is 2.30. The molecule has 5 heteroatoms. The molecule has 0 spiro atoms. The van der Waals surface area contributed by atoms with Crippen LogP contribution in [-0.4, -0.2) is 31.9 Å². The molecule has 0 saturated heterocycles. The number of nitrogens with zero attached hydrogens (tertiary/aromatic N) is 1. The summed E-state index contributed by atoms with van der Waals surface area (Å²) in [4.78, 5) is 0.442. The number of rotatable bonds is 6. The molecule has 0 aliphatic heterocycles. The summed E-state index contributed by atoms with van der Waals surface area (Å²) >= 11 is 0. The molecule has 4 nitrogen and oxygen atoms in total. The molecular weight excluding hydrogens is 284 g/mol. The van der Waals surface area contributed by atoms with Gasteiger partial charge in [0.2, 0.25) is 10.0 Å². The number of hydrogen-bond acceptors (Lipinski definition) is 3. The molecule has 2 N–H and O–H groups in total. The van der Waals surface area contributed by atoms with Gasteiger partial charge in [0.1, 0.15) is 0 Å². The Bertz CT molecular complexity index is 578. The van der Waals surface area contributed by atoms with Crippen LogP contribution in [0.25, 0.3) is 0 Å². The maximum absolute atomic E-state index is 13.0. The van der Waals surface area contributed by atoms with Crippen LogP contribution >= 0.6 is 0 Å². The monoisotopic (exact) mass is 310 g/mol. The van der Waals surface area contributed by atoms with Gasteiger partial charge in [-0.1, -0.05) is 30.5 Å². The van der Waals surface area contributed by atoms with Gasteiger partial charge in [-0.15, -0.1) is 0 Å². The Kier molecular flexibility index (Phi) is 5.41. The van der Waals surface area contributed by atoms with Crippen molar-refractivity contribution in [1.82, 2.24) is 4.31 Å². The highest BCUT2D eigenvalue weighted by molar-refractivity contribution is 7.89. The van der Waals surface area contributed by atoms with Crippen molar-refractivity contribution in [3.63, 3.8) is 0 Å². The van der Waals surface area contributed by atoms with Crippen molar-refractivity contribution in [1.29, 1.82) is 0 Å². The minimum atomic E-state index is -3.43. The van der Waals surface area contributed by atoms with Crippen LogP contribution in [0.15, 0.2) is 23.1 Å². The van der Waals surface area contributed by atoms with Crippen molar-refractivity contribution < 1.29 is 8.42 Å². The summed E-state index contributed by atoms with van der Waals surface area (Å²) in [5.41, 5.74) is 7.49. The Labute approximate surface area is 128 Å². The SMILES string of the molecule is Cc1ccc(S(=O)(=O)N(CCCN)C2CCCC2)c(C)c1. The van der Waals surface area contributed by atoms with Gasteiger partial charge in [-0.05, 0) is 51.3 Å². The van der Waals surface area contributed by atoms with E-state index in [-0.39, 0.29) is 6.04 Å². The zero-order chi connectivity index (χ0) is 15.5. The van der Waals surface area contributed by atoms with E-state index in [4.69, 9.17) is 5.73 Å². The fourth-order valence-corrected chi connectivity index (χ4v) is 5.08. The molecule has 1 aliphatic carbocycles. The predicted molar refractivity (Wildman–Crippen MR) is 85.7 cm³/mol. The second-order valence-electron chi connectivity index (χ2n) is 5.97. The molecule has 1 saturated carbocycles. The fourth-order valence-electron chi connectivity index (χ4n) is 3.15. The Morgan fingerprint density at radius 1 is 1.24 bits per heavy atom. The second-order valence-corrected chi connectivity index (χ2v) is 7.82. The molecule has 2 rings (SSSR count). The fraction of sp³-hybridized carbons (Fsp3) is 0.625. The molecule has 0 unspecified atom stereocenters. The first kappa shape index (κ1) is 16.5. The third kappa shape index (κ3) is 3.65. The van der Waals surface area contributed by atoms with Crippen molar-refractivity contribution in [2.24, 2.45) is 5.73 Å². The molecule has 0 heterocycles. The standard InChI is InChI=1S/C16H26N2O2S/c1-13-8-9-16(14(2)12-13)21(19,20)18(11-5-10-17)15-6-3-4-7-15/h8-9,12,15H,3-7,10-11,17H2,1-2H3. The van der Waals surface area contributed by atoms with E-state index in [1.165, 1.54) is 0 Å². The summed E-state index contributed by atoms with van der Waals surface area (Å²) in [6, 6.07) is 5.69. The van der Waals surface area contributed by atoms with Crippen LogP contribution in [0.3, 0.4) is 0 Å². The van der Waals surface area contributed by atoms with Crippen LogP contribution in [0.4, 0.5) is 0 Å². The summed E-state index contributed by atoms with van der Waals surface area (Å²) in [5.74, 6) is 0. The molecule has 1 fully saturated rings. The lowest BCUT2D eigenvalue weighted by atomic mass is 10.2. The molecule has 0 radical (unpaired) electrons. The quantitative estimate of drug-likeness (QED) is 0.878. The maximum atomic E-state index is 13.0. The first-order valence-electron chi connectivity index (χ1n) is 7.76. The zero-order valence-corrected chi connectivity index (χ0v) is 13.8. The van der Waals surface area contributed by atoms with Crippen LogP contribution < -0.4 is 5.73 Å². The first-order chi connectivity index (χ1) is 9.96. The Hall–Kier alpha value is -0.910. The molecule has 21 heavy (non-hydrogen) atoms. The van der Waals surface area contributed by atoms with E-state index < -0.39 is 10.0 Å². The summed E-state index contributed by atoms with van der Waals surface area (Å²) < 4.78 is 27.8. The van der Waals surface area contributed by atoms with E-state index in [2.05, 4.69) is 0 Å². The van der Waals surface area contributed by atoms with Crippen LogP contribution in [0.2, 0.25) is 0 Å². The largest absolute Gasteiger partial charge is 0.330 e. The maximum Gasteiger partial charge on any atom is 0.243 e. The minimum Gasteiger partial charge on any atom is -0.330 e. The summed E-state index contributed by atoms with van der Waals surface area (Å²) in [7, 11) is -3.43. The number of sulfonamides is 1. The van der Waals surface area contributed by atoms with Gasteiger partial charge in [0, 0.05) is 12.6 Å². The number of nitrogens with two attached hydrogens (primary N) is 1. The average Bonchev–Trinajstić information content (AvgIpc) is 2.92. The number of benzene rings is 1. The summed E-state index contributed by atoms with van der Waals surface area (Å²) in [6.45, 7) is 4.89. The highest BCUT2D eigenvalue weighted by Gasteiger charge is 2.33. The van der Waals surface area contributed by atoms with E-state index in [0.29, 0.717) is 24.4 Å². The minimum absolute atomic E-state index is 0.141. The lowest BCUT2D eigenvalue weighted by Crippen LogP contribution is -2.40. The van der Waals surface area contributed by atoms with E-state index in [1.807, 2.05) is 26.0 Å². The van der Waals surface area contributed by atoms with Crippen molar-refractivity contribution >= 4 is 10.0 Å². The number of hydrogen-bond donors (Lipinski definition) is 1. The van der Waals surface area contributed by atoms with Gasteiger partial charge in [-0.25, -0.2) is 8.42 Å². The van der Waals surface area contributed by atoms with Gasteiger partial charge in [0.05, 0.1) is 4.90 Å². The predicted octanol–water partition coefficient (Wildman–Crippen LogP) is 2.59. The van der Waals surface area contributed by atoms with Crippen LogP contribution in [0, 0.1) is 13.8 Å². The average molecular weight is 310 g/mol. The molecule has 1 aromatic carbocycles. The van der Waals surface area contributed by atoms with E-state index in [0.717, 1.165) is 36.8 Å². The van der Waals surface area contributed by atoms with Crippen molar-refractivity contribution in [3.05, 3.63) is 29.3 Å². The molecule has 1 aromatic rings. The van der Waals surface area contributed by atoms with Gasteiger partial charge in [-0.2, -0.15) is 4.31 Å². The van der Waals surface area contributed by atoms with Gasteiger partial charge < -0.3 is 5.73 Å². The first-order valence-corrected chi connectivity index (χ1v) is 9.20. The van der Waals surface area contributed by atoms with E-state index in [1.54, 1.807) is 10.4 Å².